The summed E-state index contributed by atoms with van der Waals surface area (Å²) in [6, 6.07) is 7.82. The molecule has 0 aromatic heterocycles. The number of hydrogen-bond acceptors (Lipinski definition) is 3. The van der Waals surface area contributed by atoms with Gasteiger partial charge in [-0.2, -0.15) is 0 Å². The van der Waals surface area contributed by atoms with Crippen LogP contribution in [0, 0.1) is 12.8 Å². The van der Waals surface area contributed by atoms with E-state index >= 15 is 0 Å². The molecule has 1 atom stereocenters. The number of nitrogens with one attached hydrogen (secondary N) is 1. The zero-order chi connectivity index (χ0) is 15.4. The first-order valence-corrected chi connectivity index (χ1v) is 7.23. The minimum Gasteiger partial charge on any atom is -0.365 e. The van der Waals surface area contributed by atoms with Gasteiger partial charge in [-0.15, -0.1) is 0 Å². The average Bonchev–Trinajstić information content (AvgIpc) is 2.45. The monoisotopic (exact) mass is 290 g/mol. The predicted molar refractivity (Wildman–Crippen MR) is 81.1 cm³/mol. The van der Waals surface area contributed by atoms with Gasteiger partial charge >= 0.3 is 0 Å². The van der Waals surface area contributed by atoms with Gasteiger partial charge in [-0.3, -0.25) is 9.59 Å². The lowest BCUT2D eigenvalue weighted by molar-refractivity contribution is -0.130. The van der Waals surface area contributed by atoms with Crippen molar-refractivity contribution in [1.82, 2.24) is 5.32 Å². The van der Waals surface area contributed by atoms with Crippen molar-refractivity contribution in [1.29, 1.82) is 0 Å². The Morgan fingerprint density at radius 2 is 2.24 bits per heavy atom. The Labute approximate surface area is 125 Å². The van der Waals surface area contributed by atoms with E-state index in [9.17, 15) is 9.59 Å². The molecule has 1 aliphatic heterocycles. The maximum atomic E-state index is 12.0. The second-order valence-corrected chi connectivity index (χ2v) is 5.68. The number of benzene rings is 1. The smallest absolute Gasteiger partial charge is 0.253 e. The Hall–Kier alpha value is -1.88. The van der Waals surface area contributed by atoms with Gasteiger partial charge in [-0.25, -0.2) is 0 Å². The van der Waals surface area contributed by atoms with Crippen LogP contribution in [0.2, 0.25) is 0 Å². The average molecular weight is 290 g/mol. The van der Waals surface area contributed by atoms with Gasteiger partial charge < -0.3 is 15.0 Å². The zero-order valence-corrected chi connectivity index (χ0v) is 12.8. The van der Waals surface area contributed by atoms with Crippen molar-refractivity contribution >= 4 is 17.5 Å². The van der Waals surface area contributed by atoms with Gasteiger partial charge in [0.25, 0.3) is 5.91 Å². The van der Waals surface area contributed by atoms with E-state index in [0.29, 0.717) is 13.1 Å². The molecule has 0 radical (unpaired) electrons. The number of aryl methyl sites for hydroxylation is 1. The maximum absolute atomic E-state index is 12.0. The van der Waals surface area contributed by atoms with Crippen molar-refractivity contribution in [2.75, 3.05) is 24.6 Å². The fourth-order valence-corrected chi connectivity index (χ4v) is 2.21. The van der Waals surface area contributed by atoms with Crippen LogP contribution in [0.1, 0.15) is 19.4 Å². The van der Waals surface area contributed by atoms with Gasteiger partial charge in [-0.1, -0.05) is 26.0 Å². The van der Waals surface area contributed by atoms with E-state index in [2.05, 4.69) is 5.32 Å². The minimum atomic E-state index is -0.175. The summed E-state index contributed by atoms with van der Waals surface area (Å²) in [6.45, 7) is 6.62. The summed E-state index contributed by atoms with van der Waals surface area (Å²) in [6.07, 6.45) is -0.175. The second kappa shape index (κ2) is 6.72. The van der Waals surface area contributed by atoms with E-state index in [1.807, 2.05) is 45.0 Å². The molecule has 1 fully saturated rings. The van der Waals surface area contributed by atoms with Gasteiger partial charge in [0.15, 0.2) is 0 Å². The molecule has 1 N–H and O–H groups in total. The minimum absolute atomic E-state index is 0.00222. The fourth-order valence-electron chi connectivity index (χ4n) is 2.21. The predicted octanol–water partition coefficient (Wildman–Crippen LogP) is 1.50. The number of ether oxygens (including phenoxy) is 1. The molecule has 2 amide bonds. The van der Waals surface area contributed by atoms with Crippen molar-refractivity contribution in [3.63, 3.8) is 0 Å². The normalized spacial score (nSPS) is 19.0. The third-order valence-corrected chi connectivity index (χ3v) is 3.47. The van der Waals surface area contributed by atoms with Crippen LogP contribution in [0.15, 0.2) is 24.3 Å². The highest BCUT2D eigenvalue weighted by atomic mass is 16.5. The van der Waals surface area contributed by atoms with E-state index in [0.717, 1.165) is 11.3 Å². The Balaban J connectivity index is 1.99. The molecule has 1 heterocycles. The van der Waals surface area contributed by atoms with Gasteiger partial charge in [-0.05, 0) is 24.6 Å². The van der Waals surface area contributed by atoms with E-state index in [-0.39, 0.29) is 30.4 Å². The van der Waals surface area contributed by atoms with Gasteiger partial charge in [0.05, 0.1) is 12.6 Å². The molecule has 0 saturated carbocycles. The molecule has 5 nitrogen and oxygen atoms in total. The van der Waals surface area contributed by atoms with Crippen LogP contribution in [0.5, 0.6) is 0 Å². The van der Waals surface area contributed by atoms with Crippen molar-refractivity contribution in [3.05, 3.63) is 29.8 Å². The van der Waals surface area contributed by atoms with Gasteiger partial charge in [0.1, 0.15) is 6.61 Å². The Morgan fingerprint density at radius 1 is 1.48 bits per heavy atom. The lowest BCUT2D eigenvalue weighted by Gasteiger charge is -2.33. The molecule has 1 aliphatic rings. The highest BCUT2D eigenvalue weighted by Gasteiger charge is 2.27. The van der Waals surface area contributed by atoms with Crippen LogP contribution < -0.4 is 10.2 Å². The summed E-state index contributed by atoms with van der Waals surface area (Å²) in [5.74, 6) is -0.104. The number of amides is 2. The first-order chi connectivity index (χ1) is 9.97. The lowest BCUT2D eigenvalue weighted by Crippen LogP contribution is -2.51. The van der Waals surface area contributed by atoms with Crippen LogP contribution in [0.3, 0.4) is 0 Å². The number of carbonyl (C=O) groups excluding carboxylic acids is 2. The highest BCUT2D eigenvalue weighted by Crippen LogP contribution is 2.19. The molecule has 114 valence electrons. The quantitative estimate of drug-likeness (QED) is 0.914. The molecule has 1 aromatic carbocycles. The van der Waals surface area contributed by atoms with Crippen molar-refractivity contribution in [3.8, 4) is 0 Å². The molecule has 21 heavy (non-hydrogen) atoms. The largest absolute Gasteiger partial charge is 0.365 e. The lowest BCUT2D eigenvalue weighted by atomic mass is 10.1. The summed E-state index contributed by atoms with van der Waals surface area (Å²) >= 11 is 0. The number of nitrogens with zero attached hydrogens (tertiary/aromatic N) is 1. The highest BCUT2D eigenvalue weighted by molar-refractivity contribution is 5.95. The number of morpholine rings is 1. The van der Waals surface area contributed by atoms with Crippen LogP contribution in [-0.4, -0.2) is 37.6 Å². The maximum Gasteiger partial charge on any atom is 0.253 e. The summed E-state index contributed by atoms with van der Waals surface area (Å²) in [5.41, 5.74) is 1.99. The summed E-state index contributed by atoms with van der Waals surface area (Å²) in [4.78, 5) is 25.3. The molecule has 0 aliphatic carbocycles. The van der Waals surface area contributed by atoms with Crippen LogP contribution in [0.4, 0.5) is 5.69 Å². The number of hydrogen-bond donors (Lipinski definition) is 1. The Kier molecular flexibility index (Phi) is 4.96. The topological polar surface area (TPSA) is 58.6 Å². The molecule has 1 unspecified atom stereocenters. The van der Waals surface area contributed by atoms with Crippen LogP contribution in [-0.2, 0) is 14.3 Å². The van der Waals surface area contributed by atoms with E-state index < -0.39 is 0 Å². The molecule has 0 spiro atoms. The van der Waals surface area contributed by atoms with Crippen LogP contribution >= 0.6 is 0 Å². The fraction of sp³-hybridized carbons (Fsp3) is 0.500. The number of anilines is 1. The number of carbonyl (C=O) groups is 2. The van der Waals surface area contributed by atoms with Crippen molar-refractivity contribution in [2.45, 2.75) is 26.9 Å². The Bertz CT molecular complexity index is 528. The number of rotatable bonds is 4. The standard InChI is InChI=1S/C16H22N2O3/c1-11(2)16(20)17-8-14-9-18(15(19)10-21-14)13-6-4-5-12(3)7-13/h4-7,11,14H,8-10H2,1-3H3,(H,17,20). The molecule has 1 aromatic rings. The molecule has 2 rings (SSSR count). The zero-order valence-electron chi connectivity index (χ0n) is 12.8. The second-order valence-electron chi connectivity index (χ2n) is 5.68. The third kappa shape index (κ3) is 4.04. The molecular weight excluding hydrogens is 268 g/mol. The van der Waals surface area contributed by atoms with E-state index in [1.165, 1.54) is 0 Å². The SMILES string of the molecule is Cc1cccc(N2CC(CNC(=O)C(C)C)OCC2=O)c1. The van der Waals surface area contributed by atoms with E-state index in [1.54, 1.807) is 4.90 Å². The summed E-state index contributed by atoms with van der Waals surface area (Å²) in [7, 11) is 0. The first kappa shape index (κ1) is 15.5. The van der Waals surface area contributed by atoms with Crippen molar-refractivity contribution < 1.29 is 14.3 Å². The Morgan fingerprint density at radius 3 is 2.90 bits per heavy atom. The summed E-state index contributed by atoms with van der Waals surface area (Å²) in [5, 5.41) is 2.85. The van der Waals surface area contributed by atoms with E-state index in [4.69, 9.17) is 4.74 Å². The van der Waals surface area contributed by atoms with Crippen LogP contribution in [0.25, 0.3) is 0 Å². The molecule has 1 saturated heterocycles. The molecule has 5 heteroatoms. The molecule has 0 bridgehead atoms. The van der Waals surface area contributed by atoms with Crippen molar-refractivity contribution in [2.24, 2.45) is 5.92 Å². The first-order valence-electron chi connectivity index (χ1n) is 7.23. The third-order valence-electron chi connectivity index (χ3n) is 3.47. The van der Waals surface area contributed by atoms with Gasteiger partial charge in [0.2, 0.25) is 5.91 Å². The summed E-state index contributed by atoms with van der Waals surface area (Å²) < 4.78 is 5.50. The van der Waals surface area contributed by atoms with Gasteiger partial charge in [0, 0.05) is 18.2 Å². The molecular formula is C16H22N2O3.